The lowest BCUT2D eigenvalue weighted by Crippen LogP contribution is -2.40. The van der Waals surface area contributed by atoms with E-state index in [4.69, 9.17) is 11.6 Å². The minimum absolute atomic E-state index is 0.150. The molecule has 2 rings (SSSR count). The average Bonchev–Trinajstić information content (AvgIpc) is 2.40. The molecule has 21 heavy (non-hydrogen) atoms. The van der Waals surface area contributed by atoms with Crippen molar-refractivity contribution in [1.82, 2.24) is 4.90 Å². The Kier molecular flexibility index (Phi) is 5.38. The molecule has 2 atom stereocenters. The van der Waals surface area contributed by atoms with Gasteiger partial charge in [-0.05, 0) is 37.6 Å². The van der Waals surface area contributed by atoms with Crippen molar-refractivity contribution in [2.45, 2.75) is 50.0 Å². The first-order valence-corrected chi connectivity index (χ1v) is 7.48. The molecule has 1 aromatic rings. The first-order valence-electron chi connectivity index (χ1n) is 7.04. The van der Waals surface area contributed by atoms with Crippen molar-refractivity contribution in [3.05, 3.63) is 29.8 Å². The van der Waals surface area contributed by atoms with Crippen LogP contribution in [0.4, 0.5) is 13.2 Å². The van der Waals surface area contributed by atoms with E-state index in [0.29, 0.717) is 12.6 Å². The van der Waals surface area contributed by atoms with Gasteiger partial charge in [0.25, 0.3) is 0 Å². The highest BCUT2D eigenvalue weighted by atomic mass is 35.5. The monoisotopic (exact) mass is 321 g/mol. The van der Waals surface area contributed by atoms with Crippen LogP contribution < -0.4 is 4.74 Å². The Morgan fingerprint density at radius 2 is 1.81 bits per heavy atom. The molecule has 0 amide bonds. The number of alkyl halides is 4. The van der Waals surface area contributed by atoms with Gasteiger partial charge in [-0.2, -0.15) is 0 Å². The minimum atomic E-state index is -4.65. The van der Waals surface area contributed by atoms with E-state index in [9.17, 15) is 13.2 Å². The third kappa shape index (κ3) is 5.08. The first kappa shape index (κ1) is 16.4. The van der Waals surface area contributed by atoms with Crippen molar-refractivity contribution in [3.8, 4) is 5.75 Å². The quantitative estimate of drug-likeness (QED) is 0.753. The Morgan fingerprint density at radius 1 is 1.19 bits per heavy atom. The highest BCUT2D eigenvalue weighted by molar-refractivity contribution is 6.21. The van der Waals surface area contributed by atoms with Crippen LogP contribution in [-0.2, 0) is 6.54 Å². The summed E-state index contributed by atoms with van der Waals surface area (Å²) in [5.41, 5.74) is 0.946. The van der Waals surface area contributed by atoms with Gasteiger partial charge in [0.05, 0.1) is 0 Å². The Balaban J connectivity index is 1.93. The zero-order valence-electron chi connectivity index (χ0n) is 11.9. The summed E-state index contributed by atoms with van der Waals surface area (Å²) in [6.07, 6.45) is -0.209. The zero-order chi connectivity index (χ0) is 15.5. The lowest BCUT2D eigenvalue weighted by Gasteiger charge is -2.35. The fourth-order valence-electron chi connectivity index (χ4n) is 2.76. The molecule has 0 heterocycles. The van der Waals surface area contributed by atoms with E-state index in [1.807, 2.05) is 7.05 Å². The topological polar surface area (TPSA) is 12.5 Å². The number of halogens is 4. The maximum absolute atomic E-state index is 12.1. The van der Waals surface area contributed by atoms with Gasteiger partial charge < -0.3 is 4.74 Å². The number of ether oxygens (including phenoxy) is 1. The molecular formula is C15H19ClF3NO. The van der Waals surface area contributed by atoms with Gasteiger partial charge in [0.2, 0.25) is 0 Å². The van der Waals surface area contributed by atoms with Crippen molar-refractivity contribution in [1.29, 1.82) is 0 Å². The predicted molar refractivity (Wildman–Crippen MR) is 76.5 cm³/mol. The van der Waals surface area contributed by atoms with Crippen LogP contribution in [0.25, 0.3) is 0 Å². The number of benzene rings is 1. The molecule has 0 bridgehead atoms. The summed E-state index contributed by atoms with van der Waals surface area (Å²) in [5, 5.41) is 0.150. The van der Waals surface area contributed by atoms with E-state index in [-0.39, 0.29) is 11.1 Å². The standard InChI is InChI=1S/C15H19ClF3NO/c1-20(14-5-3-2-4-13(14)16)10-11-6-8-12(9-7-11)21-15(17,18)19/h6-9,13-14H,2-5,10H2,1H3. The summed E-state index contributed by atoms with van der Waals surface area (Å²) in [6.45, 7) is 0.667. The van der Waals surface area contributed by atoms with E-state index in [0.717, 1.165) is 18.4 Å². The third-order valence-electron chi connectivity index (χ3n) is 3.80. The lowest BCUT2D eigenvalue weighted by molar-refractivity contribution is -0.274. The molecule has 2 nitrogen and oxygen atoms in total. The van der Waals surface area contributed by atoms with Crippen molar-refractivity contribution in [2.24, 2.45) is 0 Å². The summed E-state index contributed by atoms with van der Waals surface area (Å²) >= 11 is 6.35. The van der Waals surface area contributed by atoms with E-state index in [1.165, 1.54) is 25.0 Å². The van der Waals surface area contributed by atoms with Crippen LogP contribution in [0.15, 0.2) is 24.3 Å². The zero-order valence-corrected chi connectivity index (χ0v) is 12.6. The van der Waals surface area contributed by atoms with Gasteiger partial charge in [-0.3, -0.25) is 4.90 Å². The second-order valence-electron chi connectivity index (χ2n) is 5.47. The summed E-state index contributed by atoms with van der Waals surface area (Å²) in [5.74, 6) is -0.193. The average molecular weight is 322 g/mol. The smallest absolute Gasteiger partial charge is 0.406 e. The summed E-state index contributed by atoms with van der Waals surface area (Å²) in [6, 6.07) is 6.32. The Labute approximate surface area is 127 Å². The van der Waals surface area contributed by atoms with Crippen LogP contribution >= 0.6 is 11.6 Å². The van der Waals surface area contributed by atoms with Crippen molar-refractivity contribution >= 4 is 11.6 Å². The molecule has 118 valence electrons. The van der Waals surface area contributed by atoms with Crippen LogP contribution in [0, 0.1) is 0 Å². The summed E-state index contributed by atoms with van der Waals surface area (Å²) in [7, 11) is 2.01. The molecule has 0 N–H and O–H groups in total. The molecule has 0 saturated heterocycles. The Bertz CT molecular complexity index is 449. The predicted octanol–water partition coefficient (Wildman–Crippen LogP) is 4.57. The molecule has 6 heteroatoms. The molecule has 0 aliphatic heterocycles. The van der Waals surface area contributed by atoms with Gasteiger partial charge in [0, 0.05) is 18.0 Å². The molecule has 1 aliphatic carbocycles. The van der Waals surface area contributed by atoms with Crippen molar-refractivity contribution in [2.75, 3.05) is 7.05 Å². The Hall–Kier alpha value is -0.940. The lowest BCUT2D eigenvalue weighted by atomic mass is 9.93. The second-order valence-corrected chi connectivity index (χ2v) is 6.04. The third-order valence-corrected chi connectivity index (χ3v) is 4.31. The minimum Gasteiger partial charge on any atom is -0.406 e. The summed E-state index contributed by atoms with van der Waals surface area (Å²) in [4.78, 5) is 2.18. The maximum atomic E-state index is 12.1. The fraction of sp³-hybridized carbons (Fsp3) is 0.600. The van der Waals surface area contributed by atoms with E-state index < -0.39 is 6.36 Å². The SMILES string of the molecule is CN(Cc1ccc(OC(F)(F)F)cc1)C1CCCCC1Cl. The van der Waals surface area contributed by atoms with E-state index in [1.54, 1.807) is 12.1 Å². The molecule has 0 radical (unpaired) electrons. The van der Waals surface area contributed by atoms with Crippen molar-refractivity contribution < 1.29 is 17.9 Å². The molecular weight excluding hydrogens is 303 g/mol. The van der Waals surface area contributed by atoms with Crippen LogP contribution in [0.2, 0.25) is 0 Å². The first-order chi connectivity index (χ1) is 9.85. The molecule has 0 spiro atoms. The molecule has 1 saturated carbocycles. The number of hydrogen-bond donors (Lipinski definition) is 0. The van der Waals surface area contributed by atoms with E-state index in [2.05, 4.69) is 9.64 Å². The van der Waals surface area contributed by atoms with Gasteiger partial charge in [-0.1, -0.05) is 25.0 Å². The molecule has 1 fully saturated rings. The van der Waals surface area contributed by atoms with Gasteiger partial charge >= 0.3 is 6.36 Å². The molecule has 0 aromatic heterocycles. The molecule has 1 aliphatic rings. The van der Waals surface area contributed by atoms with Crippen LogP contribution in [0.3, 0.4) is 0 Å². The van der Waals surface area contributed by atoms with Gasteiger partial charge in [-0.25, -0.2) is 0 Å². The number of rotatable bonds is 4. The van der Waals surface area contributed by atoms with Gasteiger partial charge in [-0.15, -0.1) is 24.8 Å². The summed E-state index contributed by atoms with van der Waals surface area (Å²) < 4.78 is 40.1. The van der Waals surface area contributed by atoms with Crippen LogP contribution in [0.5, 0.6) is 5.75 Å². The Morgan fingerprint density at radius 3 is 2.38 bits per heavy atom. The number of hydrogen-bond acceptors (Lipinski definition) is 2. The fourth-order valence-corrected chi connectivity index (χ4v) is 3.24. The van der Waals surface area contributed by atoms with Crippen LogP contribution in [0.1, 0.15) is 31.2 Å². The highest BCUT2D eigenvalue weighted by Crippen LogP contribution is 2.28. The van der Waals surface area contributed by atoms with Gasteiger partial charge in [0.1, 0.15) is 5.75 Å². The normalized spacial score (nSPS) is 23.3. The molecule has 2 unspecified atom stereocenters. The largest absolute Gasteiger partial charge is 0.573 e. The van der Waals surface area contributed by atoms with E-state index >= 15 is 0 Å². The molecule has 1 aromatic carbocycles. The second kappa shape index (κ2) is 6.88. The number of nitrogens with zero attached hydrogens (tertiary/aromatic N) is 1. The highest BCUT2D eigenvalue weighted by Gasteiger charge is 2.31. The van der Waals surface area contributed by atoms with Gasteiger partial charge in [0.15, 0.2) is 0 Å². The maximum Gasteiger partial charge on any atom is 0.573 e. The van der Waals surface area contributed by atoms with Crippen LogP contribution in [-0.4, -0.2) is 29.7 Å². The van der Waals surface area contributed by atoms with Crippen molar-refractivity contribution in [3.63, 3.8) is 0 Å².